The van der Waals surface area contributed by atoms with Crippen molar-refractivity contribution in [1.82, 2.24) is 10.3 Å². The van der Waals surface area contributed by atoms with Crippen molar-refractivity contribution >= 4 is 17.0 Å². The van der Waals surface area contributed by atoms with Crippen LogP contribution in [-0.4, -0.2) is 17.6 Å². The number of aromatic amines is 1. The van der Waals surface area contributed by atoms with Crippen LogP contribution in [0.2, 0.25) is 0 Å². The minimum Gasteiger partial charge on any atom is -0.445 e. The molecule has 0 radical (unpaired) electrons. The summed E-state index contributed by atoms with van der Waals surface area (Å²) in [6.07, 6.45) is -0.593. The molecule has 0 aliphatic heterocycles. The third kappa shape index (κ3) is 4.19. The molecule has 0 unspecified atom stereocenters. The summed E-state index contributed by atoms with van der Waals surface area (Å²) in [5.74, 6) is 4.68. The van der Waals surface area contributed by atoms with E-state index in [-0.39, 0.29) is 18.5 Å². The Morgan fingerprint density at radius 2 is 1.92 bits per heavy atom. The number of hydrogen-bond donors (Lipinski definition) is 2. The first kappa shape index (κ1) is 17.0. The molecule has 1 heterocycles. The molecule has 0 saturated heterocycles. The number of amides is 1. The number of carbonyl (C=O) groups excluding carboxylic acids is 1. The molecule has 26 heavy (non-hydrogen) atoms. The van der Waals surface area contributed by atoms with Crippen molar-refractivity contribution in [3.63, 3.8) is 0 Å². The Labute approximate surface area is 147 Å². The number of H-pyrrole nitrogens is 1. The second-order valence-corrected chi connectivity index (χ2v) is 5.25. The molecule has 2 N–H and O–H groups in total. The molecular formula is C19H14N2O5. The Morgan fingerprint density at radius 1 is 1.12 bits per heavy atom. The number of fused-ring (bicyclic) bond motifs is 1. The van der Waals surface area contributed by atoms with Gasteiger partial charge in [-0.05, 0) is 17.7 Å². The Hall–Kier alpha value is -3.79. The quantitative estimate of drug-likeness (QED) is 0.701. The van der Waals surface area contributed by atoms with E-state index in [0.717, 1.165) is 5.56 Å². The van der Waals surface area contributed by atoms with Crippen molar-refractivity contribution < 1.29 is 13.9 Å². The number of aromatic nitrogens is 1. The maximum Gasteiger partial charge on any atom is 0.419 e. The lowest BCUT2D eigenvalue weighted by atomic mass is 10.1. The maximum atomic E-state index is 11.8. The normalized spacial score (nSPS) is 10.0. The number of ether oxygens (including phenoxy) is 1. The number of carbonyl (C=O) groups is 1. The summed E-state index contributed by atoms with van der Waals surface area (Å²) in [6.45, 7) is 0.205. The van der Waals surface area contributed by atoms with Crippen molar-refractivity contribution in [3.8, 4) is 11.8 Å². The molecule has 130 valence electrons. The van der Waals surface area contributed by atoms with Gasteiger partial charge in [0.1, 0.15) is 6.61 Å². The molecule has 0 bridgehead atoms. The highest BCUT2D eigenvalue weighted by Crippen LogP contribution is 2.10. The van der Waals surface area contributed by atoms with Gasteiger partial charge in [-0.2, -0.15) is 0 Å². The van der Waals surface area contributed by atoms with Gasteiger partial charge in [-0.15, -0.1) is 0 Å². The van der Waals surface area contributed by atoms with Crippen LogP contribution in [0.3, 0.4) is 0 Å². The minimum atomic E-state index is -0.824. The Morgan fingerprint density at radius 3 is 2.73 bits per heavy atom. The van der Waals surface area contributed by atoms with Crippen LogP contribution >= 0.6 is 0 Å². The summed E-state index contributed by atoms with van der Waals surface area (Å²) in [5, 5.41) is 2.69. The predicted molar refractivity (Wildman–Crippen MR) is 94.6 cm³/mol. The molecule has 0 aliphatic rings. The molecule has 7 heteroatoms. The zero-order valence-electron chi connectivity index (χ0n) is 13.6. The van der Waals surface area contributed by atoms with Crippen LogP contribution in [-0.2, 0) is 11.3 Å². The molecule has 0 fully saturated rings. The molecule has 1 aromatic heterocycles. The van der Waals surface area contributed by atoms with E-state index in [1.165, 1.54) is 0 Å². The Kier molecular flexibility index (Phi) is 5.15. The summed E-state index contributed by atoms with van der Waals surface area (Å²) in [5.41, 5.74) is 0.856. The van der Waals surface area contributed by atoms with Gasteiger partial charge in [-0.25, -0.2) is 14.4 Å². The fourth-order valence-electron chi connectivity index (χ4n) is 2.28. The van der Waals surface area contributed by atoms with Gasteiger partial charge < -0.3 is 14.5 Å². The lowest BCUT2D eigenvalue weighted by Crippen LogP contribution is -2.24. The van der Waals surface area contributed by atoms with Crippen LogP contribution in [0.4, 0.5) is 4.79 Å². The van der Waals surface area contributed by atoms with E-state index < -0.39 is 17.5 Å². The Balaban J connectivity index is 1.62. The monoisotopic (exact) mass is 350 g/mol. The van der Waals surface area contributed by atoms with Crippen molar-refractivity contribution in [2.75, 3.05) is 6.54 Å². The zero-order valence-corrected chi connectivity index (χ0v) is 13.6. The largest absolute Gasteiger partial charge is 0.445 e. The van der Waals surface area contributed by atoms with Gasteiger partial charge in [0.2, 0.25) is 0 Å². The van der Waals surface area contributed by atoms with Gasteiger partial charge in [0.05, 0.1) is 17.4 Å². The molecule has 0 saturated carbocycles. The van der Waals surface area contributed by atoms with E-state index in [1.807, 2.05) is 30.3 Å². The van der Waals surface area contributed by atoms with Crippen molar-refractivity contribution in [1.29, 1.82) is 0 Å². The van der Waals surface area contributed by atoms with E-state index in [0.29, 0.717) is 11.1 Å². The van der Waals surface area contributed by atoms with Gasteiger partial charge in [0.25, 0.3) is 0 Å². The topological polar surface area (TPSA) is 101 Å². The first-order valence-electron chi connectivity index (χ1n) is 7.73. The van der Waals surface area contributed by atoms with Crippen molar-refractivity contribution in [2.45, 2.75) is 6.61 Å². The summed E-state index contributed by atoms with van der Waals surface area (Å²) < 4.78 is 9.59. The van der Waals surface area contributed by atoms with Crippen LogP contribution < -0.4 is 16.7 Å². The van der Waals surface area contributed by atoms with E-state index >= 15 is 0 Å². The van der Waals surface area contributed by atoms with Gasteiger partial charge in [-0.3, -0.25) is 4.98 Å². The highest BCUT2D eigenvalue weighted by atomic mass is 16.5. The summed E-state index contributed by atoms with van der Waals surface area (Å²) in [4.78, 5) is 37.1. The fourth-order valence-corrected chi connectivity index (χ4v) is 2.28. The lowest BCUT2D eigenvalue weighted by molar-refractivity contribution is 0.141. The van der Waals surface area contributed by atoms with Crippen LogP contribution in [0.5, 0.6) is 0 Å². The van der Waals surface area contributed by atoms with Gasteiger partial charge in [0, 0.05) is 5.56 Å². The van der Waals surface area contributed by atoms with Crippen molar-refractivity contribution in [2.24, 2.45) is 0 Å². The molecule has 0 atom stereocenters. The van der Waals surface area contributed by atoms with Crippen LogP contribution in [0, 0.1) is 11.8 Å². The van der Waals surface area contributed by atoms with Crippen LogP contribution in [0.25, 0.3) is 10.9 Å². The van der Waals surface area contributed by atoms with Crippen LogP contribution in [0.15, 0.2) is 62.5 Å². The molecule has 3 aromatic rings. The molecule has 1 amide bonds. The molecule has 3 rings (SSSR count). The van der Waals surface area contributed by atoms with E-state index in [2.05, 4.69) is 26.6 Å². The predicted octanol–water partition coefficient (Wildman–Crippen LogP) is 1.76. The molecular weight excluding hydrogens is 336 g/mol. The molecule has 2 aromatic carbocycles. The van der Waals surface area contributed by atoms with E-state index in [9.17, 15) is 14.4 Å². The van der Waals surface area contributed by atoms with Gasteiger partial charge in [0.15, 0.2) is 0 Å². The standard InChI is InChI=1S/C19H14N2O5/c22-17-16-14(8-4-10-15(16)21-19(24)26-17)9-5-11-20-18(23)25-12-13-6-2-1-3-7-13/h1-4,6-8,10H,11-12H2,(H,20,23)(H,21,24). The van der Waals surface area contributed by atoms with E-state index in [4.69, 9.17) is 4.74 Å². The molecule has 0 aliphatic carbocycles. The SMILES string of the molecule is O=C(NCC#Cc1cccc2[nH]c(=O)oc(=O)c12)OCc1ccccc1. The fraction of sp³-hybridized carbons (Fsp3) is 0.105. The lowest BCUT2D eigenvalue weighted by Gasteiger charge is -2.04. The van der Waals surface area contributed by atoms with Crippen molar-refractivity contribution in [3.05, 3.63) is 80.6 Å². The van der Waals surface area contributed by atoms with E-state index in [1.54, 1.807) is 18.2 Å². The maximum absolute atomic E-state index is 11.8. The summed E-state index contributed by atoms with van der Waals surface area (Å²) in [6, 6.07) is 14.2. The molecule has 7 nitrogen and oxygen atoms in total. The second-order valence-electron chi connectivity index (χ2n) is 5.25. The Bertz CT molecular complexity index is 1100. The summed E-state index contributed by atoms with van der Waals surface area (Å²) >= 11 is 0. The smallest absolute Gasteiger partial charge is 0.419 e. The first-order chi connectivity index (χ1) is 12.6. The number of rotatable bonds is 3. The molecule has 0 spiro atoms. The number of alkyl carbamates (subject to hydrolysis) is 1. The number of hydrogen-bond acceptors (Lipinski definition) is 5. The third-order valence-electron chi connectivity index (χ3n) is 3.45. The summed E-state index contributed by atoms with van der Waals surface area (Å²) in [7, 11) is 0. The van der Waals surface area contributed by atoms with Gasteiger partial charge >= 0.3 is 17.5 Å². The van der Waals surface area contributed by atoms with Gasteiger partial charge in [-0.1, -0.05) is 48.2 Å². The van der Waals surface area contributed by atoms with Crippen LogP contribution in [0.1, 0.15) is 11.1 Å². The minimum absolute atomic E-state index is 0.0404. The highest BCUT2D eigenvalue weighted by molar-refractivity contribution is 5.83. The number of benzene rings is 2. The zero-order chi connectivity index (χ0) is 18.4. The third-order valence-corrected chi connectivity index (χ3v) is 3.45. The average Bonchev–Trinajstić information content (AvgIpc) is 2.64. The average molecular weight is 350 g/mol. The number of nitrogens with one attached hydrogen (secondary N) is 2. The second kappa shape index (κ2) is 7.85. The first-order valence-corrected chi connectivity index (χ1v) is 7.73. The highest BCUT2D eigenvalue weighted by Gasteiger charge is 2.06.